The van der Waals surface area contributed by atoms with E-state index >= 15 is 0 Å². The Kier molecular flexibility index (Phi) is 3.42. The van der Waals surface area contributed by atoms with Gasteiger partial charge in [0.1, 0.15) is 0 Å². The smallest absolute Gasteiger partial charge is 0.0861 e. The Bertz CT molecular complexity index is 812. The standard InChI is InChI=1S/C18H18BrNO/c1-12-10-13(19)8-9-16(12)20-11-15(18(2,3)21)14-6-4-5-7-17(14)20/h4-11,21H,1-3H3. The number of para-hydroxylation sites is 1. The molecule has 0 bridgehead atoms. The second kappa shape index (κ2) is 5.00. The minimum absolute atomic E-state index is 0.867. The van der Waals surface area contributed by atoms with Gasteiger partial charge in [-0.25, -0.2) is 0 Å². The summed E-state index contributed by atoms with van der Waals surface area (Å²) in [5.41, 5.74) is 3.51. The molecular weight excluding hydrogens is 326 g/mol. The van der Waals surface area contributed by atoms with E-state index in [0.29, 0.717) is 0 Å². The van der Waals surface area contributed by atoms with E-state index in [1.165, 1.54) is 5.56 Å². The zero-order chi connectivity index (χ0) is 15.2. The lowest BCUT2D eigenvalue weighted by molar-refractivity contribution is 0.0801. The van der Waals surface area contributed by atoms with E-state index < -0.39 is 5.60 Å². The summed E-state index contributed by atoms with van der Waals surface area (Å²) in [6, 6.07) is 14.4. The number of hydrogen-bond acceptors (Lipinski definition) is 1. The van der Waals surface area contributed by atoms with Gasteiger partial charge in [-0.2, -0.15) is 0 Å². The lowest BCUT2D eigenvalue weighted by Crippen LogP contribution is -2.14. The van der Waals surface area contributed by atoms with Gasteiger partial charge in [-0.05, 0) is 50.6 Å². The molecule has 3 rings (SSSR count). The number of aryl methyl sites for hydroxylation is 1. The molecule has 21 heavy (non-hydrogen) atoms. The van der Waals surface area contributed by atoms with Crippen LogP contribution in [0.15, 0.2) is 53.1 Å². The molecule has 0 unspecified atom stereocenters. The Hall–Kier alpha value is -1.58. The largest absolute Gasteiger partial charge is 0.386 e. The van der Waals surface area contributed by atoms with Crippen molar-refractivity contribution < 1.29 is 5.11 Å². The molecule has 2 nitrogen and oxygen atoms in total. The van der Waals surface area contributed by atoms with Gasteiger partial charge in [0.2, 0.25) is 0 Å². The molecule has 1 heterocycles. The van der Waals surface area contributed by atoms with Crippen molar-refractivity contribution in [3.05, 3.63) is 64.3 Å². The van der Waals surface area contributed by atoms with Crippen LogP contribution < -0.4 is 0 Å². The minimum atomic E-state index is -0.867. The van der Waals surface area contributed by atoms with Crippen LogP contribution in [0.4, 0.5) is 0 Å². The first-order valence-corrected chi connectivity index (χ1v) is 7.77. The Morgan fingerprint density at radius 2 is 1.81 bits per heavy atom. The van der Waals surface area contributed by atoms with Crippen LogP contribution >= 0.6 is 15.9 Å². The van der Waals surface area contributed by atoms with Crippen LogP contribution in [-0.2, 0) is 5.60 Å². The number of fused-ring (bicyclic) bond motifs is 1. The summed E-state index contributed by atoms with van der Waals surface area (Å²) in [4.78, 5) is 0. The molecule has 0 aliphatic carbocycles. The minimum Gasteiger partial charge on any atom is -0.386 e. The first-order chi connectivity index (χ1) is 9.88. The summed E-state index contributed by atoms with van der Waals surface area (Å²) in [6.07, 6.45) is 2.04. The van der Waals surface area contributed by atoms with Crippen LogP contribution in [0.2, 0.25) is 0 Å². The molecule has 0 spiro atoms. The summed E-state index contributed by atoms with van der Waals surface area (Å²) < 4.78 is 3.23. The number of nitrogens with zero attached hydrogens (tertiary/aromatic N) is 1. The van der Waals surface area contributed by atoms with Gasteiger partial charge >= 0.3 is 0 Å². The van der Waals surface area contributed by atoms with Gasteiger partial charge in [-0.1, -0.05) is 34.1 Å². The quantitative estimate of drug-likeness (QED) is 0.701. The van der Waals surface area contributed by atoms with Crippen molar-refractivity contribution in [2.45, 2.75) is 26.4 Å². The van der Waals surface area contributed by atoms with Crippen LogP contribution in [0, 0.1) is 6.92 Å². The molecule has 0 saturated carbocycles. The van der Waals surface area contributed by atoms with Crippen molar-refractivity contribution in [2.75, 3.05) is 0 Å². The van der Waals surface area contributed by atoms with E-state index in [1.54, 1.807) is 0 Å². The molecule has 3 heteroatoms. The van der Waals surface area contributed by atoms with Crippen LogP contribution in [0.3, 0.4) is 0 Å². The summed E-state index contributed by atoms with van der Waals surface area (Å²) >= 11 is 3.51. The molecule has 1 N–H and O–H groups in total. The van der Waals surface area contributed by atoms with Crippen LogP contribution in [-0.4, -0.2) is 9.67 Å². The van der Waals surface area contributed by atoms with E-state index in [2.05, 4.69) is 51.7 Å². The van der Waals surface area contributed by atoms with Gasteiger partial charge in [0.25, 0.3) is 0 Å². The maximum Gasteiger partial charge on any atom is 0.0861 e. The average molecular weight is 344 g/mol. The van der Waals surface area contributed by atoms with Gasteiger partial charge in [-0.15, -0.1) is 0 Å². The number of aliphatic hydroxyl groups is 1. The molecule has 108 valence electrons. The van der Waals surface area contributed by atoms with E-state index in [1.807, 2.05) is 38.2 Å². The SMILES string of the molecule is Cc1cc(Br)ccc1-n1cc(C(C)(C)O)c2ccccc21. The van der Waals surface area contributed by atoms with Crippen molar-refractivity contribution in [1.82, 2.24) is 4.57 Å². The van der Waals surface area contributed by atoms with Crippen molar-refractivity contribution in [3.63, 3.8) is 0 Å². The maximum atomic E-state index is 10.4. The molecule has 0 amide bonds. The topological polar surface area (TPSA) is 25.2 Å². The number of rotatable bonds is 2. The van der Waals surface area contributed by atoms with Crippen LogP contribution in [0.1, 0.15) is 25.0 Å². The normalized spacial score (nSPS) is 12.0. The number of aromatic nitrogens is 1. The highest BCUT2D eigenvalue weighted by atomic mass is 79.9. The Balaban J connectivity index is 2.33. The summed E-state index contributed by atoms with van der Waals surface area (Å²) in [6.45, 7) is 5.75. The predicted molar refractivity (Wildman–Crippen MR) is 91.0 cm³/mol. The van der Waals surface area contributed by atoms with Gasteiger partial charge in [0, 0.05) is 27.3 Å². The summed E-state index contributed by atoms with van der Waals surface area (Å²) in [7, 11) is 0. The fraction of sp³-hybridized carbons (Fsp3) is 0.222. The van der Waals surface area contributed by atoms with E-state index in [4.69, 9.17) is 0 Å². The molecule has 2 aromatic carbocycles. The average Bonchev–Trinajstić information content (AvgIpc) is 2.78. The van der Waals surface area contributed by atoms with E-state index in [-0.39, 0.29) is 0 Å². The molecule has 0 radical (unpaired) electrons. The molecule has 0 fully saturated rings. The fourth-order valence-corrected chi connectivity index (χ4v) is 3.23. The highest BCUT2D eigenvalue weighted by Gasteiger charge is 2.22. The lowest BCUT2D eigenvalue weighted by Gasteiger charge is -2.16. The first-order valence-electron chi connectivity index (χ1n) is 6.97. The van der Waals surface area contributed by atoms with Gasteiger partial charge in [-0.3, -0.25) is 0 Å². The molecule has 0 aliphatic heterocycles. The lowest BCUT2D eigenvalue weighted by atomic mass is 9.98. The summed E-state index contributed by atoms with van der Waals surface area (Å²) in [5, 5.41) is 11.5. The number of benzene rings is 2. The van der Waals surface area contributed by atoms with Crippen molar-refractivity contribution >= 4 is 26.8 Å². The molecule has 1 aromatic heterocycles. The maximum absolute atomic E-state index is 10.4. The zero-order valence-electron chi connectivity index (χ0n) is 12.4. The second-order valence-corrected chi connectivity index (χ2v) is 6.84. The van der Waals surface area contributed by atoms with Gasteiger partial charge < -0.3 is 9.67 Å². The summed E-state index contributed by atoms with van der Waals surface area (Å²) in [5.74, 6) is 0. The third-order valence-corrected chi connectivity index (χ3v) is 4.28. The van der Waals surface area contributed by atoms with Gasteiger partial charge in [0.05, 0.1) is 11.1 Å². The zero-order valence-corrected chi connectivity index (χ0v) is 14.0. The Morgan fingerprint density at radius 3 is 2.48 bits per heavy atom. The van der Waals surface area contributed by atoms with E-state index in [9.17, 15) is 5.11 Å². The molecule has 3 aromatic rings. The Morgan fingerprint density at radius 1 is 1.10 bits per heavy atom. The Labute approximate surface area is 133 Å². The van der Waals surface area contributed by atoms with Crippen LogP contribution in [0.25, 0.3) is 16.6 Å². The van der Waals surface area contributed by atoms with Crippen molar-refractivity contribution in [3.8, 4) is 5.69 Å². The van der Waals surface area contributed by atoms with Gasteiger partial charge in [0.15, 0.2) is 0 Å². The first kappa shape index (κ1) is 14.4. The predicted octanol–water partition coefficient (Wildman–Crippen LogP) is 4.93. The van der Waals surface area contributed by atoms with Crippen LogP contribution in [0.5, 0.6) is 0 Å². The third kappa shape index (κ3) is 2.52. The monoisotopic (exact) mass is 343 g/mol. The molecule has 0 saturated heterocycles. The molecular formula is C18H18BrNO. The number of halogens is 1. The second-order valence-electron chi connectivity index (χ2n) is 5.92. The molecule has 0 aliphatic rings. The highest BCUT2D eigenvalue weighted by Crippen LogP contribution is 2.33. The highest BCUT2D eigenvalue weighted by molar-refractivity contribution is 9.10. The third-order valence-electron chi connectivity index (χ3n) is 3.79. The van der Waals surface area contributed by atoms with Crippen molar-refractivity contribution in [2.24, 2.45) is 0 Å². The van der Waals surface area contributed by atoms with Crippen molar-refractivity contribution in [1.29, 1.82) is 0 Å². The number of hydrogen-bond donors (Lipinski definition) is 1. The fourth-order valence-electron chi connectivity index (χ4n) is 2.76. The van der Waals surface area contributed by atoms with E-state index in [0.717, 1.165) is 26.6 Å². The molecule has 0 atom stereocenters.